The van der Waals surface area contributed by atoms with Crippen LogP contribution < -0.4 is 11.3 Å². The fraction of sp³-hybridized carbons (Fsp3) is 0.0588. The van der Waals surface area contributed by atoms with Gasteiger partial charge in [0.25, 0.3) is 5.56 Å². The van der Waals surface area contributed by atoms with Gasteiger partial charge in [0.2, 0.25) is 0 Å². The van der Waals surface area contributed by atoms with Gasteiger partial charge in [-0.25, -0.2) is 0 Å². The fourth-order valence-corrected chi connectivity index (χ4v) is 3.29. The number of nitrogens with zero attached hydrogens (tertiary/aromatic N) is 2. The Morgan fingerprint density at radius 3 is 2.87 bits per heavy atom. The van der Waals surface area contributed by atoms with Crippen molar-refractivity contribution in [2.75, 3.05) is 5.73 Å². The minimum absolute atomic E-state index is 0.00758. The Morgan fingerprint density at radius 2 is 2.04 bits per heavy atom. The molecule has 6 heteroatoms. The molecule has 0 aliphatic rings. The second-order valence-corrected chi connectivity index (χ2v) is 6.16. The summed E-state index contributed by atoms with van der Waals surface area (Å²) in [6.07, 6.45) is 1.89. The maximum absolute atomic E-state index is 12.1. The molecule has 114 valence electrons. The van der Waals surface area contributed by atoms with Gasteiger partial charge in [-0.3, -0.25) is 9.89 Å². The fourth-order valence-electron chi connectivity index (χ4n) is 2.63. The van der Waals surface area contributed by atoms with Gasteiger partial charge in [-0.1, -0.05) is 6.07 Å². The molecule has 0 unspecified atom stereocenters. The summed E-state index contributed by atoms with van der Waals surface area (Å²) in [5, 5.41) is 11.9. The summed E-state index contributed by atoms with van der Waals surface area (Å²) in [5.74, 6) is 0.494. The number of nitrogens with one attached hydrogen (secondary N) is 1. The molecule has 3 heterocycles. The van der Waals surface area contributed by atoms with Gasteiger partial charge in [0.05, 0.1) is 12.1 Å². The first-order valence-corrected chi connectivity index (χ1v) is 8.10. The Balaban J connectivity index is 1.76. The highest BCUT2D eigenvalue weighted by Gasteiger charge is 2.06. The first kappa shape index (κ1) is 13.8. The van der Waals surface area contributed by atoms with Crippen molar-refractivity contribution in [2.24, 2.45) is 0 Å². The van der Waals surface area contributed by atoms with Gasteiger partial charge in [0.1, 0.15) is 0 Å². The van der Waals surface area contributed by atoms with Crippen LogP contribution in [0, 0.1) is 0 Å². The first-order chi connectivity index (χ1) is 11.2. The van der Waals surface area contributed by atoms with Crippen LogP contribution >= 0.6 is 11.3 Å². The molecule has 0 radical (unpaired) electrons. The average molecular weight is 322 g/mol. The van der Waals surface area contributed by atoms with E-state index in [2.05, 4.69) is 15.6 Å². The molecule has 1 aromatic carbocycles. The molecule has 3 aromatic heterocycles. The summed E-state index contributed by atoms with van der Waals surface area (Å²) in [5.41, 5.74) is 9.80. The Hall–Kier alpha value is -2.86. The van der Waals surface area contributed by atoms with E-state index in [1.54, 1.807) is 22.0 Å². The molecule has 4 rings (SSSR count). The van der Waals surface area contributed by atoms with E-state index in [9.17, 15) is 4.79 Å². The van der Waals surface area contributed by atoms with E-state index in [-0.39, 0.29) is 5.56 Å². The maximum atomic E-state index is 12.1. The van der Waals surface area contributed by atoms with Crippen molar-refractivity contribution < 1.29 is 0 Å². The summed E-state index contributed by atoms with van der Waals surface area (Å²) in [4.78, 5) is 12.1. The molecule has 0 spiro atoms. The minimum atomic E-state index is -0.00758. The van der Waals surface area contributed by atoms with Crippen LogP contribution in [0.25, 0.3) is 22.0 Å². The standard InChI is InChI=1S/C17H14N4OS/c18-17-14-3-1-12(7-15(14)19-20-17)13-2-4-16(22)21(9-13)8-11-5-6-23-10-11/h1-7,9-10H,8H2,(H3,18,19,20). The van der Waals surface area contributed by atoms with E-state index in [1.165, 1.54) is 0 Å². The van der Waals surface area contributed by atoms with E-state index >= 15 is 0 Å². The smallest absolute Gasteiger partial charge is 0.250 e. The second kappa shape index (κ2) is 5.40. The van der Waals surface area contributed by atoms with Crippen LogP contribution in [-0.4, -0.2) is 14.8 Å². The van der Waals surface area contributed by atoms with Crippen LogP contribution in [0.3, 0.4) is 0 Å². The summed E-state index contributed by atoms with van der Waals surface area (Å²) in [6, 6.07) is 11.4. The molecule has 5 nitrogen and oxygen atoms in total. The number of thiophene rings is 1. The van der Waals surface area contributed by atoms with Crippen molar-refractivity contribution in [3.8, 4) is 11.1 Å². The van der Waals surface area contributed by atoms with Crippen molar-refractivity contribution in [3.63, 3.8) is 0 Å². The molecule has 3 N–H and O–H groups in total. The van der Waals surface area contributed by atoms with Gasteiger partial charge >= 0.3 is 0 Å². The van der Waals surface area contributed by atoms with Crippen LogP contribution in [0.5, 0.6) is 0 Å². The lowest BCUT2D eigenvalue weighted by molar-refractivity contribution is 0.763. The number of rotatable bonds is 3. The van der Waals surface area contributed by atoms with Crippen LogP contribution in [0.4, 0.5) is 5.82 Å². The zero-order valence-corrected chi connectivity index (χ0v) is 13.0. The normalized spacial score (nSPS) is 11.1. The van der Waals surface area contributed by atoms with Gasteiger partial charge in [-0.2, -0.15) is 16.4 Å². The minimum Gasteiger partial charge on any atom is -0.382 e. The lowest BCUT2D eigenvalue weighted by Crippen LogP contribution is -2.18. The summed E-state index contributed by atoms with van der Waals surface area (Å²) in [6.45, 7) is 0.579. The Morgan fingerprint density at radius 1 is 1.17 bits per heavy atom. The number of hydrogen-bond acceptors (Lipinski definition) is 4. The number of H-pyrrole nitrogens is 1. The van der Waals surface area contributed by atoms with E-state index < -0.39 is 0 Å². The van der Waals surface area contributed by atoms with Crippen LogP contribution in [-0.2, 0) is 6.54 Å². The van der Waals surface area contributed by atoms with Crippen molar-refractivity contribution in [3.05, 3.63) is 69.3 Å². The number of aromatic nitrogens is 3. The summed E-state index contributed by atoms with van der Waals surface area (Å²) in [7, 11) is 0. The number of hydrogen-bond donors (Lipinski definition) is 2. The Labute approximate surface area is 136 Å². The highest BCUT2D eigenvalue weighted by molar-refractivity contribution is 7.07. The molecule has 0 amide bonds. The number of benzene rings is 1. The predicted octanol–water partition coefficient (Wildman–Crippen LogP) is 3.08. The third kappa shape index (κ3) is 2.53. The maximum Gasteiger partial charge on any atom is 0.250 e. The van der Waals surface area contributed by atoms with Crippen molar-refractivity contribution in [1.29, 1.82) is 0 Å². The van der Waals surface area contributed by atoms with Gasteiger partial charge < -0.3 is 10.3 Å². The van der Waals surface area contributed by atoms with Gasteiger partial charge in [0, 0.05) is 17.6 Å². The van der Waals surface area contributed by atoms with Crippen molar-refractivity contribution in [1.82, 2.24) is 14.8 Å². The van der Waals surface area contributed by atoms with Crippen molar-refractivity contribution >= 4 is 28.1 Å². The quantitative estimate of drug-likeness (QED) is 0.608. The molecule has 23 heavy (non-hydrogen) atoms. The Bertz CT molecular complexity index is 1030. The monoisotopic (exact) mass is 322 g/mol. The van der Waals surface area contributed by atoms with E-state index in [0.717, 1.165) is 27.6 Å². The van der Waals surface area contributed by atoms with E-state index in [4.69, 9.17) is 5.73 Å². The third-order valence-corrected chi connectivity index (χ3v) is 4.57. The molecule has 0 aliphatic carbocycles. The number of aromatic amines is 1. The summed E-state index contributed by atoms with van der Waals surface area (Å²) < 4.78 is 1.73. The highest BCUT2D eigenvalue weighted by Crippen LogP contribution is 2.25. The summed E-state index contributed by atoms with van der Waals surface area (Å²) >= 11 is 1.63. The molecule has 0 aliphatic heterocycles. The van der Waals surface area contributed by atoms with Crippen LogP contribution in [0.1, 0.15) is 5.56 Å². The van der Waals surface area contributed by atoms with E-state index in [0.29, 0.717) is 12.4 Å². The van der Waals surface area contributed by atoms with Gasteiger partial charge in [-0.15, -0.1) is 0 Å². The molecular weight excluding hydrogens is 308 g/mol. The predicted molar refractivity (Wildman–Crippen MR) is 93.6 cm³/mol. The van der Waals surface area contributed by atoms with Gasteiger partial charge in [-0.05, 0) is 51.7 Å². The zero-order chi connectivity index (χ0) is 15.8. The first-order valence-electron chi connectivity index (χ1n) is 7.16. The largest absolute Gasteiger partial charge is 0.382 e. The molecular formula is C17H14N4OS. The lowest BCUT2D eigenvalue weighted by Gasteiger charge is -2.08. The van der Waals surface area contributed by atoms with E-state index in [1.807, 2.05) is 41.9 Å². The van der Waals surface area contributed by atoms with Crippen LogP contribution in [0.15, 0.2) is 58.1 Å². The molecule has 0 saturated heterocycles. The average Bonchev–Trinajstić information content (AvgIpc) is 3.19. The van der Waals surface area contributed by atoms with Crippen LogP contribution in [0.2, 0.25) is 0 Å². The number of pyridine rings is 1. The van der Waals surface area contributed by atoms with Gasteiger partial charge in [0.15, 0.2) is 5.82 Å². The topological polar surface area (TPSA) is 76.7 Å². The molecule has 0 atom stereocenters. The molecule has 4 aromatic rings. The number of nitrogens with two attached hydrogens (primary N) is 1. The number of anilines is 1. The second-order valence-electron chi connectivity index (χ2n) is 5.38. The SMILES string of the molecule is Nc1n[nH]c2cc(-c3ccc(=O)n(Cc4ccsc4)c3)ccc12. The number of fused-ring (bicyclic) bond motifs is 1. The zero-order valence-electron chi connectivity index (χ0n) is 12.2. The molecule has 0 fully saturated rings. The van der Waals surface area contributed by atoms with Crippen molar-refractivity contribution in [2.45, 2.75) is 6.54 Å². The highest BCUT2D eigenvalue weighted by atomic mass is 32.1. The lowest BCUT2D eigenvalue weighted by atomic mass is 10.1. The third-order valence-electron chi connectivity index (χ3n) is 3.84. The Kier molecular flexibility index (Phi) is 3.24. The molecule has 0 saturated carbocycles. The molecule has 0 bridgehead atoms. The number of nitrogen functional groups attached to an aromatic ring is 1.